The second-order valence-corrected chi connectivity index (χ2v) is 5.66. The van der Waals surface area contributed by atoms with Crippen molar-refractivity contribution in [3.05, 3.63) is 0 Å². The van der Waals surface area contributed by atoms with Gasteiger partial charge < -0.3 is 10.0 Å². The number of aliphatic hydroxyl groups is 1. The smallest absolute Gasteiger partial charge is 0.237 e. The lowest BCUT2D eigenvalue weighted by atomic mass is 9.81. The summed E-state index contributed by atoms with van der Waals surface area (Å²) >= 11 is 0. The number of carbonyl (C=O) groups is 1. The van der Waals surface area contributed by atoms with E-state index in [2.05, 4.69) is 13.0 Å². The minimum atomic E-state index is -0.619. The fourth-order valence-electron chi connectivity index (χ4n) is 2.92. The first kappa shape index (κ1) is 16.9. The minimum Gasteiger partial charge on any atom is -0.395 e. The van der Waals surface area contributed by atoms with Crippen LogP contribution in [-0.2, 0) is 4.79 Å². The topological polar surface area (TPSA) is 67.6 Å². The van der Waals surface area contributed by atoms with E-state index < -0.39 is 5.54 Å². The average Bonchev–Trinajstić information content (AvgIpc) is 2.47. The first-order chi connectivity index (χ1) is 9.59. The van der Waals surface area contributed by atoms with Gasteiger partial charge in [0.1, 0.15) is 5.54 Å². The van der Waals surface area contributed by atoms with Crippen LogP contribution >= 0.6 is 0 Å². The number of amides is 1. The molecule has 0 aromatic carbocycles. The summed E-state index contributed by atoms with van der Waals surface area (Å²) in [6.45, 7) is 3.69. The van der Waals surface area contributed by atoms with Gasteiger partial charge in [0.2, 0.25) is 5.91 Å². The van der Waals surface area contributed by atoms with Crippen molar-refractivity contribution in [1.82, 2.24) is 9.80 Å². The van der Waals surface area contributed by atoms with E-state index in [9.17, 15) is 10.1 Å². The van der Waals surface area contributed by atoms with Crippen LogP contribution in [0.15, 0.2) is 0 Å². The lowest BCUT2D eigenvalue weighted by Gasteiger charge is -2.39. The van der Waals surface area contributed by atoms with Crippen LogP contribution in [0.3, 0.4) is 0 Å². The van der Waals surface area contributed by atoms with Crippen molar-refractivity contribution in [2.75, 3.05) is 33.3 Å². The fraction of sp³-hybridized carbons (Fsp3) is 0.867. The molecule has 5 heteroatoms. The van der Waals surface area contributed by atoms with Crippen molar-refractivity contribution in [1.29, 1.82) is 5.26 Å². The van der Waals surface area contributed by atoms with E-state index in [1.54, 1.807) is 11.9 Å². The molecule has 20 heavy (non-hydrogen) atoms. The monoisotopic (exact) mass is 281 g/mol. The zero-order chi connectivity index (χ0) is 15.0. The Labute approximate surface area is 122 Å². The molecule has 1 aliphatic rings. The van der Waals surface area contributed by atoms with Gasteiger partial charge in [-0.2, -0.15) is 5.26 Å². The lowest BCUT2D eigenvalue weighted by Crippen LogP contribution is -2.52. The fourth-order valence-corrected chi connectivity index (χ4v) is 2.92. The average molecular weight is 281 g/mol. The molecular weight excluding hydrogens is 254 g/mol. The van der Waals surface area contributed by atoms with Gasteiger partial charge in [-0.05, 0) is 25.8 Å². The number of hydrogen-bond acceptors (Lipinski definition) is 4. The predicted molar refractivity (Wildman–Crippen MR) is 78.0 cm³/mol. The summed E-state index contributed by atoms with van der Waals surface area (Å²) in [5.41, 5.74) is -0.619. The molecular formula is C15H27N3O2. The molecule has 0 radical (unpaired) electrons. The van der Waals surface area contributed by atoms with E-state index in [0.717, 1.165) is 45.1 Å². The Morgan fingerprint density at radius 2 is 1.95 bits per heavy atom. The van der Waals surface area contributed by atoms with E-state index in [0.29, 0.717) is 6.54 Å². The molecule has 0 bridgehead atoms. The molecule has 0 heterocycles. The van der Waals surface area contributed by atoms with Crippen LogP contribution in [0.1, 0.15) is 45.4 Å². The van der Waals surface area contributed by atoms with E-state index in [1.807, 2.05) is 4.90 Å². The Morgan fingerprint density at radius 1 is 1.30 bits per heavy atom. The summed E-state index contributed by atoms with van der Waals surface area (Å²) < 4.78 is 0. The molecule has 0 aromatic heterocycles. The van der Waals surface area contributed by atoms with Crippen molar-refractivity contribution in [2.45, 2.75) is 51.0 Å². The number of nitriles is 1. The Morgan fingerprint density at radius 3 is 2.45 bits per heavy atom. The summed E-state index contributed by atoms with van der Waals surface area (Å²) in [5.74, 6) is -0.0182. The molecule has 114 valence electrons. The van der Waals surface area contributed by atoms with Crippen LogP contribution in [0.5, 0.6) is 0 Å². The van der Waals surface area contributed by atoms with Crippen molar-refractivity contribution in [3.8, 4) is 6.07 Å². The third-order valence-corrected chi connectivity index (χ3v) is 4.22. The number of hydrogen-bond donors (Lipinski definition) is 1. The summed E-state index contributed by atoms with van der Waals surface area (Å²) in [7, 11) is 1.75. The van der Waals surface area contributed by atoms with Gasteiger partial charge in [-0.15, -0.1) is 0 Å². The molecule has 0 atom stereocenters. The quantitative estimate of drug-likeness (QED) is 0.765. The molecule has 0 aliphatic heterocycles. The molecule has 0 unspecified atom stereocenters. The Kier molecular flexibility index (Phi) is 6.97. The molecule has 1 aliphatic carbocycles. The van der Waals surface area contributed by atoms with Crippen molar-refractivity contribution in [2.24, 2.45) is 0 Å². The van der Waals surface area contributed by atoms with Crippen LogP contribution < -0.4 is 0 Å². The van der Waals surface area contributed by atoms with Crippen LogP contribution in [0.4, 0.5) is 0 Å². The van der Waals surface area contributed by atoms with E-state index in [4.69, 9.17) is 5.11 Å². The molecule has 1 amide bonds. The maximum Gasteiger partial charge on any atom is 0.237 e. The van der Waals surface area contributed by atoms with Gasteiger partial charge in [-0.25, -0.2) is 0 Å². The first-order valence-corrected chi connectivity index (χ1v) is 7.60. The minimum absolute atomic E-state index is 0.0182. The van der Waals surface area contributed by atoms with Crippen molar-refractivity contribution >= 4 is 5.91 Å². The van der Waals surface area contributed by atoms with E-state index >= 15 is 0 Å². The van der Waals surface area contributed by atoms with Crippen LogP contribution in [0.25, 0.3) is 0 Å². The summed E-state index contributed by atoms with van der Waals surface area (Å²) in [4.78, 5) is 16.0. The maximum absolute atomic E-state index is 12.4. The van der Waals surface area contributed by atoms with Gasteiger partial charge >= 0.3 is 0 Å². The highest BCUT2D eigenvalue weighted by Gasteiger charge is 2.38. The zero-order valence-corrected chi connectivity index (χ0v) is 12.8. The molecule has 5 nitrogen and oxygen atoms in total. The van der Waals surface area contributed by atoms with Crippen LogP contribution in [-0.4, -0.2) is 59.6 Å². The van der Waals surface area contributed by atoms with Gasteiger partial charge in [-0.1, -0.05) is 26.2 Å². The highest BCUT2D eigenvalue weighted by Crippen LogP contribution is 2.32. The molecule has 1 N–H and O–H groups in total. The van der Waals surface area contributed by atoms with E-state index in [-0.39, 0.29) is 19.1 Å². The Hall–Kier alpha value is -1.12. The number of likely N-dealkylation sites (N-methyl/N-ethyl adjacent to an activating group) is 1. The zero-order valence-electron chi connectivity index (χ0n) is 12.8. The van der Waals surface area contributed by atoms with Gasteiger partial charge in [0, 0.05) is 13.6 Å². The second-order valence-electron chi connectivity index (χ2n) is 5.66. The van der Waals surface area contributed by atoms with Gasteiger partial charge in [-0.3, -0.25) is 9.69 Å². The van der Waals surface area contributed by atoms with Crippen molar-refractivity contribution < 1.29 is 9.90 Å². The second kappa shape index (κ2) is 8.23. The number of carbonyl (C=O) groups excluding carboxylic acids is 1. The highest BCUT2D eigenvalue weighted by molar-refractivity contribution is 5.79. The SMILES string of the molecule is CCCN(CCO)CC(=O)N(C)C1(C#N)CCCCC1. The molecule has 1 fully saturated rings. The number of nitrogens with zero attached hydrogens (tertiary/aromatic N) is 3. The van der Waals surface area contributed by atoms with E-state index in [1.165, 1.54) is 0 Å². The first-order valence-electron chi connectivity index (χ1n) is 7.60. The summed E-state index contributed by atoms with van der Waals surface area (Å²) in [6.07, 6.45) is 5.68. The number of rotatable bonds is 7. The molecule has 1 saturated carbocycles. The predicted octanol–water partition coefficient (Wildman–Crippen LogP) is 1.38. The van der Waals surface area contributed by atoms with Gasteiger partial charge in [0.15, 0.2) is 0 Å². The standard InChI is InChI=1S/C15H27N3O2/c1-3-9-18(10-11-19)12-14(20)17(2)15(13-16)7-5-4-6-8-15/h19H,3-12H2,1-2H3. The molecule has 0 saturated heterocycles. The van der Waals surface area contributed by atoms with Gasteiger partial charge in [0.05, 0.1) is 19.2 Å². The van der Waals surface area contributed by atoms with Gasteiger partial charge in [0.25, 0.3) is 0 Å². The third-order valence-electron chi connectivity index (χ3n) is 4.22. The molecule has 1 rings (SSSR count). The highest BCUT2D eigenvalue weighted by atomic mass is 16.3. The molecule has 0 aromatic rings. The normalized spacial score (nSPS) is 17.8. The maximum atomic E-state index is 12.4. The third kappa shape index (κ3) is 4.19. The Bertz CT molecular complexity index is 340. The molecule has 0 spiro atoms. The lowest BCUT2D eigenvalue weighted by molar-refractivity contribution is -0.136. The van der Waals surface area contributed by atoms with Crippen LogP contribution in [0.2, 0.25) is 0 Å². The van der Waals surface area contributed by atoms with Crippen LogP contribution in [0, 0.1) is 11.3 Å². The summed E-state index contributed by atoms with van der Waals surface area (Å²) in [6, 6.07) is 2.37. The Balaban J connectivity index is 2.66. The largest absolute Gasteiger partial charge is 0.395 e. The number of aliphatic hydroxyl groups excluding tert-OH is 1. The summed E-state index contributed by atoms with van der Waals surface area (Å²) in [5, 5.41) is 18.5. The van der Waals surface area contributed by atoms with Crippen molar-refractivity contribution in [3.63, 3.8) is 0 Å².